The number of hydrogen-bond acceptors (Lipinski definition) is 4. The molecule has 0 unspecified atom stereocenters. The Kier molecular flexibility index (Phi) is 5.29. The van der Waals surface area contributed by atoms with Gasteiger partial charge in [0.25, 0.3) is 5.91 Å². The fourth-order valence-electron chi connectivity index (χ4n) is 3.66. The third-order valence-electron chi connectivity index (χ3n) is 5.23. The van der Waals surface area contributed by atoms with E-state index in [1.54, 1.807) is 53.4 Å². The predicted molar refractivity (Wildman–Crippen MR) is 113 cm³/mol. The molecule has 1 aliphatic heterocycles. The van der Waals surface area contributed by atoms with E-state index in [2.05, 4.69) is 4.90 Å². The number of phenolic OH excluding ortho intramolecular Hbond substituents is 1. The molecular formula is C24H22N2O3. The highest BCUT2D eigenvalue weighted by Gasteiger charge is 2.26. The Morgan fingerprint density at radius 3 is 1.97 bits per heavy atom. The van der Waals surface area contributed by atoms with Crippen molar-refractivity contribution >= 4 is 17.4 Å². The number of benzene rings is 3. The van der Waals surface area contributed by atoms with E-state index in [1.807, 2.05) is 30.3 Å². The van der Waals surface area contributed by atoms with E-state index in [9.17, 15) is 14.7 Å². The first kappa shape index (κ1) is 18.7. The number of piperazine rings is 1. The molecule has 5 nitrogen and oxygen atoms in total. The minimum Gasteiger partial charge on any atom is -0.506 e. The molecule has 29 heavy (non-hydrogen) atoms. The summed E-state index contributed by atoms with van der Waals surface area (Å²) in [5, 5.41) is 10.1. The summed E-state index contributed by atoms with van der Waals surface area (Å²) in [5.74, 6) is -0.0460. The van der Waals surface area contributed by atoms with Crippen LogP contribution in [0.5, 0.6) is 5.75 Å². The average Bonchev–Trinajstić information content (AvgIpc) is 2.79. The largest absolute Gasteiger partial charge is 0.506 e. The van der Waals surface area contributed by atoms with Crippen molar-refractivity contribution in [2.75, 3.05) is 31.1 Å². The van der Waals surface area contributed by atoms with Crippen LogP contribution in [0, 0.1) is 0 Å². The summed E-state index contributed by atoms with van der Waals surface area (Å²) in [4.78, 5) is 29.9. The second-order valence-electron chi connectivity index (χ2n) is 7.01. The molecule has 1 aliphatic rings. The highest BCUT2D eigenvalue weighted by Crippen LogP contribution is 2.27. The van der Waals surface area contributed by atoms with Gasteiger partial charge in [0.1, 0.15) is 5.75 Å². The van der Waals surface area contributed by atoms with Crippen molar-refractivity contribution in [3.63, 3.8) is 0 Å². The third-order valence-corrected chi connectivity index (χ3v) is 5.23. The van der Waals surface area contributed by atoms with Gasteiger partial charge in [-0.25, -0.2) is 0 Å². The first-order valence-electron chi connectivity index (χ1n) is 9.66. The van der Waals surface area contributed by atoms with Crippen LogP contribution in [0.1, 0.15) is 26.3 Å². The quantitative estimate of drug-likeness (QED) is 0.696. The highest BCUT2D eigenvalue weighted by molar-refractivity contribution is 6.15. The fourth-order valence-corrected chi connectivity index (χ4v) is 3.66. The van der Waals surface area contributed by atoms with Gasteiger partial charge in [0.15, 0.2) is 5.78 Å². The summed E-state index contributed by atoms with van der Waals surface area (Å²) in [5.41, 5.74) is 2.19. The van der Waals surface area contributed by atoms with Crippen LogP contribution in [0.15, 0.2) is 78.9 Å². The Morgan fingerprint density at radius 1 is 0.690 bits per heavy atom. The van der Waals surface area contributed by atoms with Crippen molar-refractivity contribution in [1.29, 1.82) is 0 Å². The van der Waals surface area contributed by atoms with Crippen LogP contribution < -0.4 is 4.90 Å². The number of amides is 1. The Balaban J connectivity index is 1.51. The summed E-state index contributed by atoms with van der Waals surface area (Å²) in [6.45, 7) is 2.30. The van der Waals surface area contributed by atoms with Crippen LogP contribution >= 0.6 is 0 Å². The zero-order chi connectivity index (χ0) is 20.2. The van der Waals surface area contributed by atoms with Crippen molar-refractivity contribution in [3.8, 4) is 5.75 Å². The number of hydrogen-bond donors (Lipinski definition) is 1. The average molecular weight is 386 g/mol. The molecule has 0 aliphatic carbocycles. The van der Waals surface area contributed by atoms with Crippen LogP contribution in [0.25, 0.3) is 0 Å². The topological polar surface area (TPSA) is 60.9 Å². The molecule has 0 aromatic heterocycles. The molecule has 5 heteroatoms. The van der Waals surface area contributed by atoms with Crippen molar-refractivity contribution < 1.29 is 14.7 Å². The van der Waals surface area contributed by atoms with E-state index in [0.29, 0.717) is 42.9 Å². The van der Waals surface area contributed by atoms with Crippen molar-refractivity contribution in [2.45, 2.75) is 0 Å². The minimum atomic E-state index is -0.151. The maximum absolute atomic E-state index is 13.2. The van der Waals surface area contributed by atoms with Gasteiger partial charge in [-0.2, -0.15) is 0 Å². The van der Waals surface area contributed by atoms with E-state index in [1.165, 1.54) is 0 Å². The van der Waals surface area contributed by atoms with Gasteiger partial charge >= 0.3 is 0 Å². The summed E-state index contributed by atoms with van der Waals surface area (Å²) >= 11 is 0. The van der Waals surface area contributed by atoms with Gasteiger partial charge in [0.05, 0.1) is 11.3 Å². The molecular weight excluding hydrogens is 364 g/mol. The van der Waals surface area contributed by atoms with Crippen molar-refractivity contribution in [3.05, 3.63) is 95.6 Å². The Morgan fingerprint density at radius 2 is 1.28 bits per heavy atom. The molecule has 4 rings (SSSR count). The molecule has 0 radical (unpaired) electrons. The van der Waals surface area contributed by atoms with Crippen molar-refractivity contribution in [1.82, 2.24) is 4.90 Å². The molecule has 0 spiro atoms. The summed E-state index contributed by atoms with van der Waals surface area (Å²) in [6, 6.07) is 23.2. The molecule has 1 heterocycles. The zero-order valence-electron chi connectivity index (χ0n) is 16.0. The lowest BCUT2D eigenvalue weighted by atomic mass is 9.97. The molecule has 1 saturated heterocycles. The first-order chi connectivity index (χ1) is 14.1. The SMILES string of the molecule is O=C(c1ccccc1)c1ccccc1C(=O)N1CCN(c2ccccc2O)CC1. The van der Waals surface area contributed by atoms with Crippen LogP contribution in [0.4, 0.5) is 5.69 Å². The normalized spacial score (nSPS) is 13.9. The number of carbonyl (C=O) groups excluding carboxylic acids is 2. The number of anilines is 1. The number of aromatic hydroxyl groups is 1. The second-order valence-corrected chi connectivity index (χ2v) is 7.01. The van der Waals surface area contributed by atoms with E-state index in [4.69, 9.17) is 0 Å². The zero-order valence-corrected chi connectivity index (χ0v) is 16.0. The van der Waals surface area contributed by atoms with E-state index >= 15 is 0 Å². The first-order valence-corrected chi connectivity index (χ1v) is 9.66. The lowest BCUT2D eigenvalue weighted by Gasteiger charge is -2.36. The molecule has 1 N–H and O–H groups in total. The standard InChI is InChI=1S/C24H22N2O3/c27-22-13-7-6-12-21(22)25-14-16-26(17-15-25)24(29)20-11-5-4-10-19(20)23(28)18-8-2-1-3-9-18/h1-13,27H,14-17H2. The van der Waals surface area contributed by atoms with E-state index in [0.717, 1.165) is 5.69 Å². The molecule has 3 aromatic carbocycles. The summed E-state index contributed by atoms with van der Waals surface area (Å²) < 4.78 is 0. The third kappa shape index (κ3) is 3.85. The smallest absolute Gasteiger partial charge is 0.254 e. The Labute approximate surface area is 169 Å². The van der Waals surface area contributed by atoms with Gasteiger partial charge in [-0.15, -0.1) is 0 Å². The number of ketones is 1. The number of rotatable bonds is 4. The van der Waals surface area contributed by atoms with Crippen LogP contribution in [-0.4, -0.2) is 47.9 Å². The lowest BCUT2D eigenvalue weighted by Crippen LogP contribution is -2.49. The number of nitrogens with zero attached hydrogens (tertiary/aromatic N) is 2. The maximum atomic E-state index is 13.2. The van der Waals surface area contributed by atoms with Crippen LogP contribution in [-0.2, 0) is 0 Å². The molecule has 0 bridgehead atoms. The molecule has 3 aromatic rings. The summed E-state index contributed by atoms with van der Waals surface area (Å²) in [7, 11) is 0. The number of carbonyl (C=O) groups is 2. The van der Waals surface area contributed by atoms with Gasteiger partial charge < -0.3 is 14.9 Å². The molecule has 146 valence electrons. The van der Waals surface area contributed by atoms with Gasteiger partial charge in [-0.1, -0.05) is 60.7 Å². The van der Waals surface area contributed by atoms with Gasteiger partial charge in [-0.05, 0) is 18.2 Å². The number of phenols is 1. The molecule has 1 fully saturated rings. The predicted octanol–water partition coefficient (Wildman–Crippen LogP) is 3.59. The van der Waals surface area contributed by atoms with Gasteiger partial charge in [0.2, 0.25) is 0 Å². The molecule has 0 saturated carbocycles. The lowest BCUT2D eigenvalue weighted by molar-refractivity contribution is 0.0742. The Hall–Kier alpha value is -3.60. The second kappa shape index (κ2) is 8.19. The van der Waals surface area contributed by atoms with Crippen LogP contribution in [0.3, 0.4) is 0 Å². The molecule has 0 atom stereocenters. The Bertz CT molecular complexity index is 1030. The number of para-hydroxylation sites is 2. The highest BCUT2D eigenvalue weighted by atomic mass is 16.3. The van der Waals surface area contributed by atoms with E-state index in [-0.39, 0.29) is 17.4 Å². The monoisotopic (exact) mass is 386 g/mol. The fraction of sp³-hybridized carbons (Fsp3) is 0.167. The molecule has 1 amide bonds. The van der Waals surface area contributed by atoms with E-state index < -0.39 is 0 Å². The van der Waals surface area contributed by atoms with Gasteiger partial charge in [-0.3, -0.25) is 9.59 Å². The summed E-state index contributed by atoms with van der Waals surface area (Å²) in [6.07, 6.45) is 0. The maximum Gasteiger partial charge on any atom is 0.254 e. The van der Waals surface area contributed by atoms with Crippen molar-refractivity contribution in [2.24, 2.45) is 0 Å². The van der Waals surface area contributed by atoms with Gasteiger partial charge in [0, 0.05) is 37.3 Å². The minimum absolute atomic E-state index is 0.137. The van der Waals surface area contributed by atoms with Crippen LogP contribution in [0.2, 0.25) is 0 Å².